The van der Waals surface area contributed by atoms with Crippen molar-refractivity contribution in [3.63, 3.8) is 0 Å². The van der Waals surface area contributed by atoms with Gasteiger partial charge in [0.1, 0.15) is 6.04 Å². The molecule has 0 aliphatic carbocycles. The van der Waals surface area contributed by atoms with Crippen molar-refractivity contribution in [2.75, 3.05) is 15.9 Å². The first-order valence-corrected chi connectivity index (χ1v) is 9.80. The molecule has 1 amide bonds. The molecular weight excluding hydrogens is 362 g/mol. The van der Waals surface area contributed by atoms with E-state index in [2.05, 4.69) is 5.32 Å². The molecule has 8 heteroatoms. The fourth-order valence-corrected chi connectivity index (χ4v) is 3.76. The Labute approximate surface area is 151 Å². The van der Waals surface area contributed by atoms with Crippen molar-refractivity contribution in [1.82, 2.24) is 0 Å². The van der Waals surface area contributed by atoms with Crippen LogP contribution in [0, 0.1) is 18.6 Å². The minimum Gasteiger partial charge on any atom is -0.324 e. The van der Waals surface area contributed by atoms with Gasteiger partial charge in [0, 0.05) is 11.8 Å². The van der Waals surface area contributed by atoms with E-state index >= 15 is 0 Å². The Bertz CT molecular complexity index is 899. The smallest absolute Gasteiger partial charge is 0.248 e. The van der Waals surface area contributed by atoms with E-state index in [1.807, 2.05) is 6.92 Å². The summed E-state index contributed by atoms with van der Waals surface area (Å²) in [7, 11) is -3.76. The third kappa shape index (κ3) is 4.57. The van der Waals surface area contributed by atoms with Gasteiger partial charge in [0.2, 0.25) is 15.9 Å². The molecule has 0 aliphatic rings. The van der Waals surface area contributed by atoms with E-state index in [0.29, 0.717) is 5.69 Å². The lowest BCUT2D eigenvalue weighted by molar-refractivity contribution is -0.117. The summed E-state index contributed by atoms with van der Waals surface area (Å²) in [6.45, 7) is 3.53. The van der Waals surface area contributed by atoms with E-state index in [-0.39, 0.29) is 12.1 Å². The second-order valence-electron chi connectivity index (χ2n) is 5.94. The van der Waals surface area contributed by atoms with Gasteiger partial charge in [0.25, 0.3) is 0 Å². The van der Waals surface area contributed by atoms with Crippen LogP contribution in [0.4, 0.5) is 20.2 Å². The van der Waals surface area contributed by atoms with E-state index in [1.54, 1.807) is 31.2 Å². The zero-order valence-electron chi connectivity index (χ0n) is 14.7. The van der Waals surface area contributed by atoms with Crippen LogP contribution in [0.25, 0.3) is 0 Å². The molecule has 0 spiro atoms. The van der Waals surface area contributed by atoms with Crippen molar-refractivity contribution in [1.29, 1.82) is 0 Å². The number of amides is 1. The number of nitrogens with zero attached hydrogens (tertiary/aromatic N) is 1. The Morgan fingerprint density at radius 2 is 1.73 bits per heavy atom. The maximum atomic E-state index is 13.3. The summed E-state index contributed by atoms with van der Waals surface area (Å²) >= 11 is 0. The number of sulfonamides is 1. The van der Waals surface area contributed by atoms with Crippen molar-refractivity contribution in [2.45, 2.75) is 26.3 Å². The van der Waals surface area contributed by atoms with Gasteiger partial charge >= 0.3 is 0 Å². The van der Waals surface area contributed by atoms with Gasteiger partial charge in [0.15, 0.2) is 11.6 Å². The Morgan fingerprint density at radius 3 is 2.23 bits per heavy atom. The monoisotopic (exact) mass is 382 g/mol. The van der Waals surface area contributed by atoms with E-state index < -0.39 is 33.6 Å². The highest BCUT2D eigenvalue weighted by molar-refractivity contribution is 7.92. The van der Waals surface area contributed by atoms with Crippen molar-refractivity contribution in [2.24, 2.45) is 0 Å². The van der Waals surface area contributed by atoms with Crippen molar-refractivity contribution in [3.8, 4) is 0 Å². The number of benzene rings is 2. The summed E-state index contributed by atoms with van der Waals surface area (Å²) < 4.78 is 52.0. The summed E-state index contributed by atoms with van der Waals surface area (Å²) in [6.07, 6.45) is 1.21. The number of hydrogen-bond acceptors (Lipinski definition) is 3. The second kappa shape index (κ2) is 7.82. The lowest BCUT2D eigenvalue weighted by atomic mass is 10.1. The van der Waals surface area contributed by atoms with Crippen LogP contribution < -0.4 is 9.62 Å². The molecule has 0 heterocycles. The third-order valence-electron chi connectivity index (χ3n) is 3.81. The zero-order valence-corrected chi connectivity index (χ0v) is 15.5. The standard InChI is InChI=1S/C18H20F2N2O3S/c1-4-17(18(23)21-13-7-10-15(19)16(20)11-13)22(26(3,24)25)14-8-5-12(2)6-9-14/h5-11,17H,4H2,1-3H3,(H,21,23)/t17-/m0/s1. The van der Waals surface area contributed by atoms with Gasteiger partial charge in [-0.15, -0.1) is 0 Å². The van der Waals surface area contributed by atoms with Crippen LogP contribution in [-0.2, 0) is 14.8 Å². The number of rotatable bonds is 6. The van der Waals surface area contributed by atoms with Gasteiger partial charge in [-0.25, -0.2) is 17.2 Å². The molecular formula is C18H20F2N2O3S. The topological polar surface area (TPSA) is 66.5 Å². The minimum atomic E-state index is -3.76. The molecule has 2 aromatic rings. The number of hydrogen-bond donors (Lipinski definition) is 1. The first kappa shape index (κ1) is 19.8. The number of anilines is 2. The summed E-state index contributed by atoms with van der Waals surface area (Å²) in [5.41, 5.74) is 1.34. The Morgan fingerprint density at radius 1 is 1.12 bits per heavy atom. The maximum Gasteiger partial charge on any atom is 0.248 e. The van der Waals surface area contributed by atoms with Gasteiger partial charge in [-0.3, -0.25) is 9.10 Å². The van der Waals surface area contributed by atoms with Gasteiger partial charge in [-0.05, 0) is 37.6 Å². The van der Waals surface area contributed by atoms with E-state index in [1.165, 1.54) is 6.07 Å². The largest absolute Gasteiger partial charge is 0.324 e. The van der Waals surface area contributed by atoms with Crippen molar-refractivity contribution < 1.29 is 22.0 Å². The predicted molar refractivity (Wildman–Crippen MR) is 97.6 cm³/mol. The average molecular weight is 382 g/mol. The Hall–Kier alpha value is -2.48. The average Bonchev–Trinajstić information content (AvgIpc) is 2.56. The molecule has 0 aliphatic heterocycles. The third-order valence-corrected chi connectivity index (χ3v) is 4.99. The molecule has 140 valence electrons. The molecule has 0 unspecified atom stereocenters. The number of carbonyl (C=O) groups is 1. The molecule has 0 aromatic heterocycles. The van der Waals surface area contributed by atoms with E-state index in [0.717, 1.165) is 28.3 Å². The first-order chi connectivity index (χ1) is 12.1. The van der Waals surface area contributed by atoms with Gasteiger partial charge < -0.3 is 5.32 Å². The normalized spacial score (nSPS) is 12.5. The SMILES string of the molecule is CC[C@@H](C(=O)Nc1ccc(F)c(F)c1)N(c1ccc(C)cc1)S(C)(=O)=O. The molecule has 2 rings (SSSR count). The highest BCUT2D eigenvalue weighted by atomic mass is 32.2. The highest BCUT2D eigenvalue weighted by Crippen LogP contribution is 2.24. The van der Waals surface area contributed by atoms with Crippen LogP contribution in [0.15, 0.2) is 42.5 Å². The first-order valence-electron chi connectivity index (χ1n) is 7.95. The molecule has 0 bridgehead atoms. The summed E-state index contributed by atoms with van der Waals surface area (Å²) in [5, 5.41) is 2.44. The van der Waals surface area contributed by atoms with Crippen LogP contribution in [0.5, 0.6) is 0 Å². The molecule has 0 radical (unpaired) electrons. The maximum absolute atomic E-state index is 13.3. The zero-order chi connectivity index (χ0) is 19.5. The van der Waals surface area contributed by atoms with Crippen LogP contribution >= 0.6 is 0 Å². The fourth-order valence-electron chi connectivity index (χ4n) is 2.55. The lowest BCUT2D eigenvalue weighted by Gasteiger charge is -2.30. The number of aryl methyl sites for hydroxylation is 1. The second-order valence-corrected chi connectivity index (χ2v) is 7.80. The van der Waals surface area contributed by atoms with Gasteiger partial charge in [-0.2, -0.15) is 0 Å². The van der Waals surface area contributed by atoms with Gasteiger partial charge in [0.05, 0.1) is 11.9 Å². The molecule has 1 N–H and O–H groups in total. The molecule has 0 fully saturated rings. The van der Waals surface area contributed by atoms with Crippen LogP contribution in [0.2, 0.25) is 0 Å². The fraction of sp³-hybridized carbons (Fsp3) is 0.278. The molecule has 0 saturated heterocycles. The van der Waals surface area contributed by atoms with Crippen molar-refractivity contribution in [3.05, 3.63) is 59.7 Å². The quantitative estimate of drug-likeness (QED) is 0.832. The van der Waals surface area contributed by atoms with Crippen LogP contribution in [-0.4, -0.2) is 26.6 Å². The summed E-state index contributed by atoms with van der Waals surface area (Å²) in [4.78, 5) is 12.6. The van der Waals surface area contributed by atoms with E-state index in [4.69, 9.17) is 0 Å². The number of halogens is 2. The minimum absolute atomic E-state index is 0.0460. The predicted octanol–water partition coefficient (Wildman–Crippen LogP) is 3.46. The summed E-state index contributed by atoms with van der Waals surface area (Å²) in [5.74, 6) is -2.77. The molecule has 0 saturated carbocycles. The molecule has 26 heavy (non-hydrogen) atoms. The number of nitrogens with one attached hydrogen (secondary N) is 1. The van der Waals surface area contributed by atoms with E-state index in [9.17, 15) is 22.0 Å². The van der Waals surface area contributed by atoms with Crippen molar-refractivity contribution >= 4 is 27.3 Å². The van der Waals surface area contributed by atoms with Gasteiger partial charge in [-0.1, -0.05) is 24.6 Å². The molecule has 1 atom stereocenters. The summed E-state index contributed by atoms with van der Waals surface area (Å²) in [6, 6.07) is 8.62. The Balaban J connectivity index is 2.36. The Kier molecular flexibility index (Phi) is 5.97. The highest BCUT2D eigenvalue weighted by Gasteiger charge is 2.31. The van der Waals surface area contributed by atoms with Crippen LogP contribution in [0.1, 0.15) is 18.9 Å². The van der Waals surface area contributed by atoms with Crippen LogP contribution in [0.3, 0.4) is 0 Å². The molecule has 2 aromatic carbocycles. The lowest BCUT2D eigenvalue weighted by Crippen LogP contribution is -2.47. The number of carbonyl (C=O) groups excluding carboxylic acids is 1. The molecule has 5 nitrogen and oxygen atoms in total.